The monoisotopic (exact) mass is 247 g/mol. The van der Waals surface area contributed by atoms with Gasteiger partial charge in [-0.2, -0.15) is 0 Å². The number of rotatable bonds is 3. The first-order valence-corrected chi connectivity index (χ1v) is 5.99. The zero-order valence-corrected chi connectivity index (χ0v) is 10.7. The highest BCUT2D eigenvalue weighted by atomic mass is 35.5. The molecule has 0 aliphatic rings. The maximum Gasteiger partial charge on any atom is 0.135 e. The lowest BCUT2D eigenvalue weighted by atomic mass is 10.1. The topological polar surface area (TPSA) is 38.7 Å². The molecule has 2 aromatic heterocycles. The van der Waals surface area contributed by atoms with Gasteiger partial charge >= 0.3 is 0 Å². The Morgan fingerprint density at radius 3 is 2.53 bits per heavy atom. The van der Waals surface area contributed by atoms with Gasteiger partial charge in [0.05, 0.1) is 0 Å². The molecule has 2 aromatic rings. The molecule has 0 fully saturated rings. The molecule has 0 unspecified atom stereocenters. The zero-order chi connectivity index (χ0) is 12.3. The summed E-state index contributed by atoms with van der Waals surface area (Å²) < 4.78 is 0. The van der Waals surface area contributed by atoms with Crippen molar-refractivity contribution in [2.45, 2.75) is 26.7 Å². The molecule has 0 saturated carbocycles. The molecule has 0 aliphatic carbocycles. The van der Waals surface area contributed by atoms with Gasteiger partial charge in [0, 0.05) is 30.1 Å². The molecule has 4 heteroatoms. The normalized spacial score (nSPS) is 10.5. The van der Waals surface area contributed by atoms with Crippen LogP contribution in [0.5, 0.6) is 0 Å². The minimum absolute atomic E-state index is 0.556. The fourth-order valence-electron chi connectivity index (χ4n) is 1.69. The second-order valence-electron chi connectivity index (χ2n) is 3.89. The van der Waals surface area contributed by atoms with Crippen LogP contribution in [0.1, 0.15) is 29.6 Å². The summed E-state index contributed by atoms with van der Waals surface area (Å²) in [6.45, 7) is 4.03. The highest BCUT2D eigenvalue weighted by molar-refractivity contribution is 6.30. The van der Waals surface area contributed by atoms with E-state index in [2.05, 4.69) is 21.9 Å². The summed E-state index contributed by atoms with van der Waals surface area (Å²) in [7, 11) is 0. The number of pyridine rings is 1. The van der Waals surface area contributed by atoms with Gasteiger partial charge in [0.2, 0.25) is 0 Å². The predicted octanol–water partition coefficient (Wildman–Crippen LogP) is 2.99. The first-order chi connectivity index (χ1) is 8.20. The molecule has 2 rings (SSSR count). The minimum Gasteiger partial charge on any atom is -0.265 e. The fraction of sp³-hybridized carbons (Fsp3) is 0.308. The van der Waals surface area contributed by atoms with Gasteiger partial charge in [-0.1, -0.05) is 18.5 Å². The molecule has 0 radical (unpaired) electrons. The molecule has 17 heavy (non-hydrogen) atoms. The molecule has 0 atom stereocenters. The van der Waals surface area contributed by atoms with Crippen LogP contribution >= 0.6 is 11.6 Å². The van der Waals surface area contributed by atoms with E-state index in [1.165, 1.54) is 0 Å². The molecular weight excluding hydrogens is 234 g/mol. The Morgan fingerprint density at radius 1 is 1.18 bits per heavy atom. The number of halogens is 1. The second-order valence-corrected chi connectivity index (χ2v) is 4.25. The van der Waals surface area contributed by atoms with Crippen molar-refractivity contribution >= 4 is 11.6 Å². The quantitative estimate of drug-likeness (QED) is 0.783. The van der Waals surface area contributed by atoms with Crippen LogP contribution in [0.4, 0.5) is 0 Å². The van der Waals surface area contributed by atoms with Gasteiger partial charge in [0.15, 0.2) is 0 Å². The van der Waals surface area contributed by atoms with Crippen molar-refractivity contribution in [2.24, 2.45) is 0 Å². The van der Waals surface area contributed by atoms with E-state index in [9.17, 15) is 0 Å². The lowest BCUT2D eigenvalue weighted by molar-refractivity contribution is 0.887. The molecule has 0 N–H and O–H groups in total. The standard InChI is InChI=1S/C13H14ClN3/c1-3-11-9(2)13(14)17-12(16-11)8-10-4-6-15-7-5-10/h4-7H,3,8H2,1-2H3. The van der Waals surface area contributed by atoms with E-state index in [1.807, 2.05) is 19.1 Å². The van der Waals surface area contributed by atoms with E-state index >= 15 is 0 Å². The van der Waals surface area contributed by atoms with Crippen LogP contribution in [0.3, 0.4) is 0 Å². The summed E-state index contributed by atoms with van der Waals surface area (Å²) in [5.74, 6) is 0.767. The summed E-state index contributed by atoms with van der Waals surface area (Å²) in [4.78, 5) is 12.8. The highest BCUT2D eigenvalue weighted by Crippen LogP contribution is 2.17. The van der Waals surface area contributed by atoms with Gasteiger partial charge in [-0.25, -0.2) is 9.97 Å². The molecule has 0 bridgehead atoms. The summed E-state index contributed by atoms with van der Waals surface area (Å²) in [6, 6.07) is 3.92. The molecule has 0 aromatic carbocycles. The second kappa shape index (κ2) is 5.23. The zero-order valence-electron chi connectivity index (χ0n) is 9.94. The van der Waals surface area contributed by atoms with E-state index in [0.29, 0.717) is 11.6 Å². The Bertz CT molecular complexity index is 512. The van der Waals surface area contributed by atoms with Crippen molar-refractivity contribution < 1.29 is 0 Å². The van der Waals surface area contributed by atoms with Crippen LogP contribution in [0.15, 0.2) is 24.5 Å². The molecule has 0 saturated heterocycles. The Labute approximate surface area is 106 Å². The Balaban J connectivity index is 2.31. The molecule has 88 valence electrons. The van der Waals surface area contributed by atoms with Gasteiger partial charge < -0.3 is 0 Å². The fourth-order valence-corrected chi connectivity index (χ4v) is 1.89. The average Bonchev–Trinajstić information content (AvgIpc) is 2.35. The van der Waals surface area contributed by atoms with Crippen LogP contribution < -0.4 is 0 Å². The van der Waals surface area contributed by atoms with Gasteiger partial charge in [0.25, 0.3) is 0 Å². The van der Waals surface area contributed by atoms with Crippen LogP contribution in [-0.2, 0) is 12.8 Å². The Kier molecular flexibility index (Phi) is 3.69. The SMILES string of the molecule is CCc1nc(Cc2ccncc2)nc(Cl)c1C. The lowest BCUT2D eigenvalue weighted by Gasteiger charge is -2.07. The lowest BCUT2D eigenvalue weighted by Crippen LogP contribution is -2.03. The van der Waals surface area contributed by atoms with Gasteiger partial charge in [-0.15, -0.1) is 0 Å². The van der Waals surface area contributed by atoms with Crippen LogP contribution in [0.2, 0.25) is 5.15 Å². The number of hydrogen-bond donors (Lipinski definition) is 0. The third-order valence-corrected chi connectivity index (χ3v) is 3.05. The van der Waals surface area contributed by atoms with E-state index in [-0.39, 0.29) is 0 Å². The smallest absolute Gasteiger partial charge is 0.135 e. The van der Waals surface area contributed by atoms with Gasteiger partial charge in [-0.3, -0.25) is 4.98 Å². The molecule has 0 amide bonds. The van der Waals surface area contributed by atoms with E-state index < -0.39 is 0 Å². The summed E-state index contributed by atoms with van der Waals surface area (Å²) in [6.07, 6.45) is 5.10. The molecular formula is C13H14ClN3. The molecule has 0 aliphatic heterocycles. The van der Waals surface area contributed by atoms with E-state index in [4.69, 9.17) is 11.6 Å². The van der Waals surface area contributed by atoms with Crippen molar-refractivity contribution in [3.8, 4) is 0 Å². The summed E-state index contributed by atoms with van der Waals surface area (Å²) in [5, 5.41) is 0.556. The van der Waals surface area contributed by atoms with Crippen molar-refractivity contribution in [3.05, 3.63) is 52.3 Å². The highest BCUT2D eigenvalue weighted by Gasteiger charge is 2.08. The van der Waals surface area contributed by atoms with Crippen LogP contribution in [-0.4, -0.2) is 15.0 Å². The Hall–Kier alpha value is -1.48. The minimum atomic E-state index is 0.556. The molecule has 2 heterocycles. The van der Waals surface area contributed by atoms with Gasteiger partial charge in [0.1, 0.15) is 11.0 Å². The third kappa shape index (κ3) is 2.80. The van der Waals surface area contributed by atoms with Crippen LogP contribution in [0, 0.1) is 6.92 Å². The Morgan fingerprint density at radius 2 is 1.88 bits per heavy atom. The average molecular weight is 248 g/mol. The van der Waals surface area contributed by atoms with Crippen molar-refractivity contribution in [3.63, 3.8) is 0 Å². The largest absolute Gasteiger partial charge is 0.265 e. The van der Waals surface area contributed by atoms with Crippen molar-refractivity contribution in [1.29, 1.82) is 0 Å². The van der Waals surface area contributed by atoms with E-state index in [0.717, 1.165) is 29.1 Å². The predicted molar refractivity (Wildman–Crippen MR) is 68.2 cm³/mol. The number of hydrogen-bond acceptors (Lipinski definition) is 3. The van der Waals surface area contributed by atoms with Crippen molar-refractivity contribution in [1.82, 2.24) is 15.0 Å². The maximum absolute atomic E-state index is 6.10. The van der Waals surface area contributed by atoms with E-state index in [1.54, 1.807) is 12.4 Å². The number of aryl methyl sites for hydroxylation is 1. The van der Waals surface area contributed by atoms with Crippen LogP contribution in [0.25, 0.3) is 0 Å². The first kappa shape index (κ1) is 12.0. The first-order valence-electron chi connectivity index (χ1n) is 5.61. The third-order valence-electron chi connectivity index (χ3n) is 2.68. The van der Waals surface area contributed by atoms with Gasteiger partial charge in [-0.05, 0) is 31.0 Å². The summed E-state index contributed by atoms with van der Waals surface area (Å²) in [5.41, 5.74) is 3.14. The molecule has 0 spiro atoms. The number of aromatic nitrogens is 3. The number of nitrogens with zero attached hydrogens (tertiary/aromatic N) is 3. The summed E-state index contributed by atoms with van der Waals surface area (Å²) >= 11 is 6.10. The maximum atomic E-state index is 6.10. The van der Waals surface area contributed by atoms with Crippen molar-refractivity contribution in [2.75, 3.05) is 0 Å². The molecule has 3 nitrogen and oxygen atoms in total.